The van der Waals surface area contributed by atoms with Gasteiger partial charge in [-0.1, -0.05) is 28.1 Å². The fourth-order valence-corrected chi connectivity index (χ4v) is 2.08. The minimum Gasteiger partial charge on any atom is -0.352 e. The maximum Gasteiger partial charge on any atom is 0.223 e. The maximum absolute atomic E-state index is 11.6. The first kappa shape index (κ1) is 11.6. The van der Waals surface area contributed by atoms with E-state index >= 15 is 0 Å². The Morgan fingerprint density at radius 2 is 2.00 bits per heavy atom. The minimum absolute atomic E-state index is 0.129. The zero-order valence-corrected chi connectivity index (χ0v) is 10.5. The first-order chi connectivity index (χ1) is 7.65. The molecule has 0 saturated heterocycles. The maximum atomic E-state index is 11.6. The molecule has 4 heteroatoms. The molecule has 0 bridgehead atoms. The molecule has 86 valence electrons. The molecule has 0 aliphatic heterocycles. The molecular weight excluding hydrogens is 268 g/mol. The number of rotatable bonds is 3. The number of benzene rings is 1. The van der Waals surface area contributed by atoms with Crippen LogP contribution in [0.5, 0.6) is 0 Å². The van der Waals surface area contributed by atoms with Gasteiger partial charge in [-0.3, -0.25) is 4.79 Å². The Morgan fingerprint density at radius 3 is 2.56 bits per heavy atom. The second-order valence-corrected chi connectivity index (χ2v) is 5.19. The lowest BCUT2D eigenvalue weighted by Gasteiger charge is -2.31. The van der Waals surface area contributed by atoms with Crippen LogP contribution in [0.2, 0.25) is 0 Å². The van der Waals surface area contributed by atoms with Gasteiger partial charge in [-0.25, -0.2) is 0 Å². The standard InChI is InChI=1S/C12H15BrN2O/c13-10-3-1-8(2-4-10)7-15-12(16)9-5-11(14)6-9/h1-4,9,11H,5-7,14H2,(H,15,16). The van der Waals surface area contributed by atoms with Crippen LogP contribution in [0, 0.1) is 5.92 Å². The highest BCUT2D eigenvalue weighted by Gasteiger charge is 2.31. The summed E-state index contributed by atoms with van der Waals surface area (Å²) in [6, 6.07) is 8.17. The fourth-order valence-electron chi connectivity index (χ4n) is 1.81. The summed E-state index contributed by atoms with van der Waals surface area (Å²) in [5.74, 6) is 0.259. The van der Waals surface area contributed by atoms with Crippen LogP contribution in [0.4, 0.5) is 0 Å². The van der Waals surface area contributed by atoms with Crippen LogP contribution in [0.25, 0.3) is 0 Å². The number of amides is 1. The lowest BCUT2D eigenvalue weighted by molar-refractivity contribution is -0.128. The summed E-state index contributed by atoms with van der Waals surface area (Å²) in [6.45, 7) is 0.595. The number of hydrogen-bond acceptors (Lipinski definition) is 2. The molecule has 1 aliphatic rings. The summed E-state index contributed by atoms with van der Waals surface area (Å²) in [5, 5.41) is 2.93. The molecule has 0 heterocycles. The van der Waals surface area contributed by atoms with E-state index in [-0.39, 0.29) is 17.9 Å². The second kappa shape index (κ2) is 4.97. The molecule has 0 aromatic heterocycles. The zero-order valence-electron chi connectivity index (χ0n) is 8.95. The van der Waals surface area contributed by atoms with Crippen molar-refractivity contribution < 1.29 is 4.79 Å². The molecule has 0 radical (unpaired) electrons. The third kappa shape index (κ3) is 2.83. The van der Waals surface area contributed by atoms with Gasteiger partial charge in [-0.15, -0.1) is 0 Å². The van der Waals surface area contributed by atoms with Crippen molar-refractivity contribution in [2.24, 2.45) is 11.7 Å². The van der Waals surface area contributed by atoms with Crippen LogP contribution in [0.1, 0.15) is 18.4 Å². The van der Waals surface area contributed by atoms with Crippen LogP contribution in [0.15, 0.2) is 28.7 Å². The van der Waals surface area contributed by atoms with Gasteiger partial charge in [0.25, 0.3) is 0 Å². The molecule has 0 spiro atoms. The highest BCUT2D eigenvalue weighted by atomic mass is 79.9. The molecule has 3 nitrogen and oxygen atoms in total. The number of nitrogens with one attached hydrogen (secondary N) is 1. The van der Waals surface area contributed by atoms with Gasteiger partial charge in [0.05, 0.1) is 0 Å². The topological polar surface area (TPSA) is 55.1 Å². The summed E-state index contributed by atoms with van der Waals surface area (Å²) in [4.78, 5) is 11.6. The van der Waals surface area contributed by atoms with Gasteiger partial charge in [0.15, 0.2) is 0 Å². The quantitative estimate of drug-likeness (QED) is 0.888. The van der Waals surface area contributed by atoms with Crippen molar-refractivity contribution in [1.29, 1.82) is 0 Å². The SMILES string of the molecule is NC1CC(C(=O)NCc2ccc(Br)cc2)C1. The van der Waals surface area contributed by atoms with Crippen molar-refractivity contribution in [3.63, 3.8) is 0 Å². The number of hydrogen-bond donors (Lipinski definition) is 2. The molecule has 1 aromatic rings. The number of nitrogens with two attached hydrogens (primary N) is 1. The summed E-state index contributed by atoms with van der Waals surface area (Å²) in [6.07, 6.45) is 1.65. The van der Waals surface area contributed by atoms with E-state index in [1.54, 1.807) is 0 Å². The summed E-state index contributed by atoms with van der Waals surface area (Å²) >= 11 is 3.37. The largest absolute Gasteiger partial charge is 0.352 e. The van der Waals surface area contributed by atoms with Crippen LogP contribution in [-0.2, 0) is 11.3 Å². The highest BCUT2D eigenvalue weighted by Crippen LogP contribution is 2.25. The number of halogens is 1. The van der Waals surface area contributed by atoms with E-state index in [1.165, 1.54) is 0 Å². The third-order valence-electron chi connectivity index (χ3n) is 2.93. The van der Waals surface area contributed by atoms with Crippen molar-refractivity contribution in [2.75, 3.05) is 0 Å². The van der Waals surface area contributed by atoms with Crippen molar-refractivity contribution >= 4 is 21.8 Å². The van der Waals surface area contributed by atoms with E-state index in [2.05, 4.69) is 21.2 Å². The molecule has 0 atom stereocenters. The minimum atomic E-state index is 0.129. The highest BCUT2D eigenvalue weighted by molar-refractivity contribution is 9.10. The Labute approximate surface area is 104 Å². The van der Waals surface area contributed by atoms with E-state index in [0.29, 0.717) is 6.54 Å². The fraction of sp³-hybridized carbons (Fsp3) is 0.417. The molecule has 0 unspecified atom stereocenters. The van der Waals surface area contributed by atoms with Crippen LogP contribution >= 0.6 is 15.9 Å². The Morgan fingerprint density at radius 1 is 1.38 bits per heavy atom. The molecule has 1 fully saturated rings. The van der Waals surface area contributed by atoms with Crippen LogP contribution < -0.4 is 11.1 Å². The Hall–Kier alpha value is -0.870. The second-order valence-electron chi connectivity index (χ2n) is 4.27. The smallest absolute Gasteiger partial charge is 0.223 e. The first-order valence-corrected chi connectivity index (χ1v) is 6.22. The van der Waals surface area contributed by atoms with Crippen LogP contribution in [-0.4, -0.2) is 11.9 Å². The van der Waals surface area contributed by atoms with Crippen molar-refractivity contribution in [1.82, 2.24) is 5.32 Å². The van der Waals surface area contributed by atoms with Gasteiger partial charge >= 0.3 is 0 Å². The molecule has 1 amide bonds. The Kier molecular flexibility index (Phi) is 3.61. The van der Waals surface area contributed by atoms with E-state index in [9.17, 15) is 4.79 Å². The molecular formula is C12H15BrN2O. The number of carbonyl (C=O) groups is 1. The van der Waals surface area contributed by atoms with Gasteiger partial charge in [0.1, 0.15) is 0 Å². The Bertz CT molecular complexity index is 371. The lowest BCUT2D eigenvalue weighted by atomic mass is 9.80. The third-order valence-corrected chi connectivity index (χ3v) is 3.45. The van der Waals surface area contributed by atoms with Crippen molar-refractivity contribution in [2.45, 2.75) is 25.4 Å². The zero-order chi connectivity index (χ0) is 11.5. The van der Waals surface area contributed by atoms with Gasteiger partial charge in [0.2, 0.25) is 5.91 Å². The molecule has 3 N–H and O–H groups in total. The van der Waals surface area contributed by atoms with Gasteiger partial charge < -0.3 is 11.1 Å². The lowest BCUT2D eigenvalue weighted by Crippen LogP contribution is -2.44. The molecule has 1 aromatic carbocycles. The molecule has 1 saturated carbocycles. The van der Waals surface area contributed by atoms with Gasteiger partial charge in [0, 0.05) is 23.0 Å². The normalized spacial score (nSPS) is 23.6. The first-order valence-electron chi connectivity index (χ1n) is 5.43. The predicted molar refractivity (Wildman–Crippen MR) is 66.7 cm³/mol. The van der Waals surface area contributed by atoms with E-state index in [0.717, 1.165) is 22.9 Å². The van der Waals surface area contributed by atoms with E-state index in [4.69, 9.17) is 5.73 Å². The molecule has 2 rings (SSSR count). The summed E-state index contributed by atoms with van der Waals surface area (Å²) in [5.41, 5.74) is 6.76. The van der Waals surface area contributed by atoms with Crippen LogP contribution in [0.3, 0.4) is 0 Å². The average molecular weight is 283 g/mol. The van der Waals surface area contributed by atoms with Gasteiger partial charge in [-0.05, 0) is 30.5 Å². The Balaban J connectivity index is 1.79. The molecule has 1 aliphatic carbocycles. The van der Waals surface area contributed by atoms with Gasteiger partial charge in [-0.2, -0.15) is 0 Å². The van der Waals surface area contributed by atoms with E-state index < -0.39 is 0 Å². The summed E-state index contributed by atoms with van der Waals surface area (Å²) in [7, 11) is 0. The van der Waals surface area contributed by atoms with Crippen molar-refractivity contribution in [3.8, 4) is 0 Å². The predicted octanol–water partition coefficient (Wildman–Crippen LogP) is 1.80. The number of carbonyl (C=O) groups excluding carboxylic acids is 1. The van der Waals surface area contributed by atoms with E-state index in [1.807, 2.05) is 24.3 Å². The summed E-state index contributed by atoms with van der Waals surface area (Å²) < 4.78 is 1.05. The monoisotopic (exact) mass is 282 g/mol. The average Bonchev–Trinajstić information content (AvgIpc) is 2.24. The van der Waals surface area contributed by atoms with Crippen molar-refractivity contribution in [3.05, 3.63) is 34.3 Å². The molecule has 16 heavy (non-hydrogen) atoms.